The summed E-state index contributed by atoms with van der Waals surface area (Å²) < 4.78 is 10.7. The molecule has 31 heavy (non-hydrogen) atoms. The molecule has 0 bridgehead atoms. The topological polar surface area (TPSA) is 76.6 Å². The molecule has 8 heteroatoms. The standard InChI is InChI=1S/C23H20N4O3S/c1-27(10-9-21(28)26-16-7-8-18-19(11-16)30-14-29-18)22-17-12-20(15-5-3-2-4-6-15)31-23(17)25-13-24-22/h2-8,11-13H,9-10,14H2,1H3,(H,26,28). The number of anilines is 2. The number of carbonyl (C=O) groups excluding carboxylic acids is 1. The molecule has 0 atom stereocenters. The zero-order valence-corrected chi connectivity index (χ0v) is 17.7. The van der Waals surface area contributed by atoms with Crippen molar-refractivity contribution in [2.24, 2.45) is 0 Å². The lowest BCUT2D eigenvalue weighted by Crippen LogP contribution is -2.24. The molecule has 0 radical (unpaired) electrons. The number of aromatic nitrogens is 2. The van der Waals surface area contributed by atoms with Gasteiger partial charge in [0.1, 0.15) is 17.0 Å². The number of nitrogens with one attached hydrogen (secondary N) is 1. The van der Waals surface area contributed by atoms with E-state index in [4.69, 9.17) is 9.47 Å². The summed E-state index contributed by atoms with van der Waals surface area (Å²) >= 11 is 1.64. The number of amides is 1. The molecule has 156 valence electrons. The second-order valence-corrected chi connectivity index (χ2v) is 8.21. The fourth-order valence-electron chi connectivity index (χ4n) is 3.46. The average Bonchev–Trinajstić information content (AvgIpc) is 3.44. The van der Waals surface area contributed by atoms with Crippen molar-refractivity contribution in [2.45, 2.75) is 6.42 Å². The van der Waals surface area contributed by atoms with Gasteiger partial charge in [0.05, 0.1) is 5.39 Å². The van der Waals surface area contributed by atoms with Gasteiger partial charge in [0.2, 0.25) is 12.7 Å². The average molecular weight is 433 g/mol. The van der Waals surface area contributed by atoms with Gasteiger partial charge in [-0.05, 0) is 23.8 Å². The third-order valence-corrected chi connectivity index (χ3v) is 6.15. The highest BCUT2D eigenvalue weighted by atomic mass is 32.1. The van der Waals surface area contributed by atoms with E-state index >= 15 is 0 Å². The van der Waals surface area contributed by atoms with Gasteiger partial charge in [0, 0.05) is 36.6 Å². The number of hydrogen-bond acceptors (Lipinski definition) is 7. The summed E-state index contributed by atoms with van der Waals surface area (Å²) in [6, 6.07) is 17.7. The van der Waals surface area contributed by atoms with Crippen molar-refractivity contribution in [3.63, 3.8) is 0 Å². The highest BCUT2D eigenvalue weighted by Gasteiger charge is 2.16. The lowest BCUT2D eigenvalue weighted by Gasteiger charge is -2.18. The summed E-state index contributed by atoms with van der Waals surface area (Å²) in [5.74, 6) is 2.08. The zero-order valence-electron chi connectivity index (χ0n) is 16.9. The zero-order chi connectivity index (χ0) is 21.2. The van der Waals surface area contributed by atoms with Crippen LogP contribution >= 0.6 is 11.3 Å². The Morgan fingerprint density at radius 1 is 1.10 bits per heavy atom. The van der Waals surface area contributed by atoms with Crippen LogP contribution in [0.3, 0.4) is 0 Å². The van der Waals surface area contributed by atoms with Crippen molar-refractivity contribution < 1.29 is 14.3 Å². The van der Waals surface area contributed by atoms with E-state index in [0.29, 0.717) is 30.2 Å². The SMILES string of the molecule is CN(CCC(=O)Nc1ccc2c(c1)OCO2)c1ncnc2sc(-c3ccccc3)cc12. The van der Waals surface area contributed by atoms with Gasteiger partial charge in [0.25, 0.3) is 0 Å². The minimum atomic E-state index is -0.0775. The molecule has 1 aliphatic heterocycles. The number of rotatable bonds is 6. The van der Waals surface area contributed by atoms with Crippen LogP contribution in [-0.2, 0) is 4.79 Å². The van der Waals surface area contributed by atoms with Crippen LogP contribution in [0.1, 0.15) is 6.42 Å². The van der Waals surface area contributed by atoms with Gasteiger partial charge in [-0.2, -0.15) is 0 Å². The van der Waals surface area contributed by atoms with Gasteiger partial charge in [0.15, 0.2) is 11.5 Å². The number of hydrogen-bond donors (Lipinski definition) is 1. The second kappa shape index (κ2) is 8.23. The molecule has 0 unspecified atom stereocenters. The van der Waals surface area contributed by atoms with Crippen LogP contribution < -0.4 is 19.7 Å². The van der Waals surface area contributed by atoms with Gasteiger partial charge < -0.3 is 19.7 Å². The van der Waals surface area contributed by atoms with Gasteiger partial charge in [-0.1, -0.05) is 30.3 Å². The Bertz CT molecular complexity index is 1240. The molecule has 4 aromatic rings. The van der Waals surface area contributed by atoms with Crippen LogP contribution in [0.15, 0.2) is 60.9 Å². The highest BCUT2D eigenvalue weighted by molar-refractivity contribution is 7.21. The summed E-state index contributed by atoms with van der Waals surface area (Å²) in [4.78, 5) is 25.4. The predicted octanol–water partition coefficient (Wildman–Crippen LogP) is 4.55. The van der Waals surface area contributed by atoms with E-state index in [0.717, 1.165) is 26.5 Å². The van der Waals surface area contributed by atoms with Crippen molar-refractivity contribution in [1.82, 2.24) is 9.97 Å². The minimum Gasteiger partial charge on any atom is -0.454 e. The van der Waals surface area contributed by atoms with E-state index in [-0.39, 0.29) is 12.7 Å². The lowest BCUT2D eigenvalue weighted by atomic mass is 10.2. The Labute approximate surface area is 183 Å². The molecule has 1 N–H and O–H groups in total. The Morgan fingerprint density at radius 2 is 1.94 bits per heavy atom. The van der Waals surface area contributed by atoms with Crippen LogP contribution in [0.5, 0.6) is 11.5 Å². The van der Waals surface area contributed by atoms with E-state index in [1.165, 1.54) is 0 Å². The van der Waals surface area contributed by atoms with Gasteiger partial charge in [-0.3, -0.25) is 4.79 Å². The molecule has 5 rings (SSSR count). The molecule has 1 amide bonds. The maximum absolute atomic E-state index is 12.5. The molecule has 7 nitrogen and oxygen atoms in total. The molecular formula is C23H20N4O3S. The first-order chi connectivity index (χ1) is 15.2. The van der Waals surface area contributed by atoms with E-state index in [9.17, 15) is 4.79 Å². The van der Waals surface area contributed by atoms with Crippen molar-refractivity contribution in [3.8, 4) is 21.9 Å². The molecule has 0 aliphatic carbocycles. The van der Waals surface area contributed by atoms with Gasteiger partial charge in [-0.25, -0.2) is 9.97 Å². The lowest BCUT2D eigenvalue weighted by molar-refractivity contribution is -0.116. The molecule has 2 aromatic heterocycles. The Hall–Kier alpha value is -3.65. The molecule has 0 saturated heterocycles. The first-order valence-corrected chi connectivity index (χ1v) is 10.7. The summed E-state index contributed by atoms with van der Waals surface area (Å²) in [5.41, 5.74) is 1.84. The van der Waals surface area contributed by atoms with Crippen LogP contribution in [0.25, 0.3) is 20.7 Å². The van der Waals surface area contributed by atoms with Crippen molar-refractivity contribution in [1.29, 1.82) is 0 Å². The third-order valence-electron chi connectivity index (χ3n) is 5.06. The smallest absolute Gasteiger partial charge is 0.231 e. The molecule has 0 fully saturated rings. The maximum atomic E-state index is 12.5. The molecule has 0 saturated carbocycles. The fraction of sp³-hybridized carbons (Fsp3) is 0.174. The first-order valence-electron chi connectivity index (χ1n) is 9.88. The van der Waals surface area contributed by atoms with Crippen LogP contribution in [0, 0.1) is 0 Å². The monoisotopic (exact) mass is 432 g/mol. The van der Waals surface area contributed by atoms with E-state index < -0.39 is 0 Å². The quantitative estimate of drug-likeness (QED) is 0.482. The molecule has 0 spiro atoms. The first kappa shape index (κ1) is 19.3. The second-order valence-electron chi connectivity index (χ2n) is 7.18. The van der Waals surface area contributed by atoms with Gasteiger partial charge >= 0.3 is 0 Å². The summed E-state index contributed by atoms with van der Waals surface area (Å²) in [6.45, 7) is 0.735. The number of fused-ring (bicyclic) bond motifs is 2. The minimum absolute atomic E-state index is 0.0775. The predicted molar refractivity (Wildman–Crippen MR) is 122 cm³/mol. The fourth-order valence-corrected chi connectivity index (χ4v) is 4.46. The van der Waals surface area contributed by atoms with Crippen molar-refractivity contribution >= 4 is 39.0 Å². The van der Waals surface area contributed by atoms with Crippen LogP contribution in [0.4, 0.5) is 11.5 Å². The number of nitrogens with zero attached hydrogens (tertiary/aromatic N) is 3. The summed E-state index contributed by atoms with van der Waals surface area (Å²) in [5, 5.41) is 3.90. The van der Waals surface area contributed by atoms with E-state index in [1.807, 2.05) is 30.1 Å². The normalized spacial score (nSPS) is 12.2. The maximum Gasteiger partial charge on any atom is 0.231 e. The van der Waals surface area contributed by atoms with Crippen LogP contribution in [0.2, 0.25) is 0 Å². The Morgan fingerprint density at radius 3 is 2.81 bits per heavy atom. The van der Waals surface area contributed by atoms with Crippen molar-refractivity contribution in [2.75, 3.05) is 30.6 Å². The Balaban J connectivity index is 1.27. The number of thiophene rings is 1. The van der Waals surface area contributed by atoms with Gasteiger partial charge in [-0.15, -0.1) is 11.3 Å². The Kier molecular flexibility index (Phi) is 5.13. The largest absolute Gasteiger partial charge is 0.454 e. The molecule has 2 aromatic carbocycles. The third kappa shape index (κ3) is 4.02. The van der Waals surface area contributed by atoms with E-state index in [2.05, 4.69) is 33.5 Å². The summed E-state index contributed by atoms with van der Waals surface area (Å²) in [7, 11) is 1.94. The number of benzene rings is 2. The molecule has 1 aliphatic rings. The van der Waals surface area contributed by atoms with Crippen molar-refractivity contribution in [3.05, 3.63) is 60.9 Å². The number of carbonyl (C=O) groups is 1. The van der Waals surface area contributed by atoms with Crippen LogP contribution in [-0.4, -0.2) is 36.3 Å². The highest BCUT2D eigenvalue weighted by Crippen LogP contribution is 2.36. The molecular weight excluding hydrogens is 412 g/mol. The molecule has 3 heterocycles. The van der Waals surface area contributed by atoms with E-state index in [1.54, 1.807) is 35.9 Å². The number of ether oxygens (including phenoxy) is 2. The summed E-state index contributed by atoms with van der Waals surface area (Å²) in [6.07, 6.45) is 1.90.